The van der Waals surface area contributed by atoms with Crippen molar-refractivity contribution in [1.82, 2.24) is 0 Å². The molecule has 0 saturated carbocycles. The van der Waals surface area contributed by atoms with Crippen LogP contribution in [0.25, 0.3) is 0 Å². The number of rotatable bonds is 6. The fourth-order valence-corrected chi connectivity index (χ4v) is 4.79. The van der Waals surface area contributed by atoms with E-state index in [1.54, 1.807) is 19.1 Å². The van der Waals surface area contributed by atoms with Crippen LogP contribution in [0.5, 0.6) is 11.5 Å². The van der Waals surface area contributed by atoms with Gasteiger partial charge in [0, 0.05) is 6.42 Å². The highest BCUT2D eigenvalue weighted by atomic mass is 31.2. The van der Waals surface area contributed by atoms with Crippen molar-refractivity contribution in [1.29, 1.82) is 0 Å². The zero-order valence-corrected chi connectivity index (χ0v) is 15.0. The molecule has 0 spiro atoms. The lowest BCUT2D eigenvalue weighted by molar-refractivity contribution is 0.152. The largest absolute Gasteiger partial charge is 0.508 e. The molecule has 0 aromatic heterocycles. The van der Waals surface area contributed by atoms with Crippen molar-refractivity contribution < 1.29 is 38.5 Å². The number of phenols is 1. The van der Waals surface area contributed by atoms with Gasteiger partial charge < -0.3 is 29.4 Å². The van der Waals surface area contributed by atoms with Crippen LogP contribution in [-0.2, 0) is 15.6 Å². The van der Waals surface area contributed by atoms with E-state index in [0.29, 0.717) is 0 Å². The first kappa shape index (κ1) is 19.7. The minimum atomic E-state index is -5.43. The predicted molar refractivity (Wildman–Crippen MR) is 90.4 cm³/mol. The smallest absolute Gasteiger partial charge is 0.381 e. The predicted octanol–water partition coefficient (Wildman–Crippen LogP) is 2.33. The molecule has 0 aliphatic rings. The summed E-state index contributed by atoms with van der Waals surface area (Å²) in [4.78, 5) is 39.0. The van der Waals surface area contributed by atoms with E-state index < -0.39 is 26.7 Å². The fourth-order valence-electron chi connectivity index (χ4n) is 2.21. The van der Waals surface area contributed by atoms with Crippen molar-refractivity contribution in [2.24, 2.45) is 0 Å². The summed E-state index contributed by atoms with van der Waals surface area (Å²) in [6, 6.07) is 11.0. The van der Waals surface area contributed by atoms with Gasteiger partial charge in [0.1, 0.15) is 11.5 Å². The number of hydrogen-bond donors (Lipinski definition) is 5. The minimum Gasteiger partial charge on any atom is -0.508 e. The first-order valence-corrected chi connectivity index (χ1v) is 10.3. The molecule has 8 nitrogen and oxygen atoms in total. The molecule has 0 saturated heterocycles. The molecule has 2 aromatic carbocycles. The first-order chi connectivity index (χ1) is 11.4. The molecule has 0 aliphatic carbocycles. The molecule has 0 heterocycles. The molecule has 2 rings (SSSR count). The molecule has 0 bridgehead atoms. The van der Waals surface area contributed by atoms with Gasteiger partial charge in [-0.2, -0.15) is 0 Å². The maximum atomic E-state index is 12.1. The van der Waals surface area contributed by atoms with E-state index in [1.165, 1.54) is 24.3 Å². The van der Waals surface area contributed by atoms with E-state index in [0.717, 1.165) is 17.7 Å². The minimum absolute atomic E-state index is 0.135. The van der Waals surface area contributed by atoms with Crippen molar-refractivity contribution in [3.05, 3.63) is 59.7 Å². The summed E-state index contributed by atoms with van der Waals surface area (Å²) >= 11 is 0. The van der Waals surface area contributed by atoms with Crippen LogP contribution in [0, 0.1) is 6.92 Å². The van der Waals surface area contributed by atoms with Crippen LogP contribution in [0.3, 0.4) is 0 Å². The molecule has 0 aliphatic heterocycles. The van der Waals surface area contributed by atoms with Crippen molar-refractivity contribution in [3.8, 4) is 11.5 Å². The van der Waals surface area contributed by atoms with Crippen LogP contribution in [-0.4, -0.2) is 29.8 Å². The standard InChI is InChI=1S/C15H18O8P2/c1-11-2-4-12(5-3-11)10-15(24(17,18)19,25(20,21)22)23-14-8-6-13(16)7-9-14/h2-9,16H,10H2,1H3,(H2,17,18,19)(H2,20,21,22). The summed E-state index contributed by atoms with van der Waals surface area (Å²) in [5.74, 6) is -0.333. The summed E-state index contributed by atoms with van der Waals surface area (Å²) in [5, 5.41) is 6.20. The number of benzene rings is 2. The summed E-state index contributed by atoms with van der Waals surface area (Å²) in [6.45, 7) is 1.80. The van der Waals surface area contributed by atoms with Gasteiger partial charge >= 0.3 is 20.3 Å². The Kier molecular flexibility index (Phi) is 5.44. The van der Waals surface area contributed by atoms with Gasteiger partial charge in [0.05, 0.1) is 0 Å². The molecule has 0 amide bonds. The average Bonchev–Trinajstić information content (AvgIpc) is 2.48. The second-order valence-corrected chi connectivity index (χ2v) is 9.56. The van der Waals surface area contributed by atoms with Gasteiger partial charge in [-0.15, -0.1) is 0 Å². The Bertz CT molecular complexity index is 748. The molecule has 5 N–H and O–H groups in total. The summed E-state index contributed by atoms with van der Waals surface area (Å²) in [7, 11) is -10.9. The maximum absolute atomic E-state index is 12.1. The molecule has 25 heavy (non-hydrogen) atoms. The van der Waals surface area contributed by atoms with Crippen molar-refractivity contribution in [2.75, 3.05) is 0 Å². The number of aryl methyl sites for hydroxylation is 1. The molecule has 2 aromatic rings. The van der Waals surface area contributed by atoms with Gasteiger partial charge in [-0.1, -0.05) is 29.8 Å². The Labute approximate surface area is 144 Å². The van der Waals surface area contributed by atoms with E-state index in [4.69, 9.17) is 4.74 Å². The van der Waals surface area contributed by atoms with Crippen LogP contribution in [0.1, 0.15) is 11.1 Å². The van der Waals surface area contributed by atoms with Crippen LogP contribution < -0.4 is 4.74 Å². The van der Waals surface area contributed by atoms with Gasteiger partial charge in [-0.3, -0.25) is 9.13 Å². The summed E-state index contributed by atoms with van der Waals surface area (Å²) in [6.07, 6.45) is -0.706. The van der Waals surface area contributed by atoms with Crippen LogP contribution in [0.15, 0.2) is 48.5 Å². The first-order valence-electron chi connectivity index (χ1n) is 7.09. The second kappa shape index (κ2) is 6.92. The molecular formula is C15H18O8P2. The van der Waals surface area contributed by atoms with E-state index in [9.17, 15) is 33.8 Å². The monoisotopic (exact) mass is 388 g/mol. The third-order valence-corrected chi connectivity index (χ3v) is 7.47. The lowest BCUT2D eigenvalue weighted by Crippen LogP contribution is -2.38. The number of hydrogen-bond acceptors (Lipinski definition) is 4. The summed E-state index contributed by atoms with van der Waals surface area (Å²) in [5.41, 5.74) is 1.16. The third-order valence-electron chi connectivity index (χ3n) is 3.58. The lowest BCUT2D eigenvalue weighted by Gasteiger charge is -2.35. The normalized spacial score (nSPS) is 12.8. The van der Waals surface area contributed by atoms with Crippen molar-refractivity contribution >= 4 is 15.2 Å². The second-order valence-electron chi connectivity index (χ2n) is 5.59. The van der Waals surface area contributed by atoms with Gasteiger partial charge in [0.2, 0.25) is 0 Å². The Morgan fingerprint density at radius 2 is 1.36 bits per heavy atom. The van der Waals surface area contributed by atoms with Crippen LogP contribution >= 0.6 is 15.2 Å². The highest BCUT2D eigenvalue weighted by molar-refractivity contribution is 7.72. The van der Waals surface area contributed by atoms with E-state index in [-0.39, 0.29) is 17.1 Å². The van der Waals surface area contributed by atoms with Gasteiger partial charge in [0.15, 0.2) is 0 Å². The number of phenolic OH excluding ortho intramolecular Hbond substituents is 1. The lowest BCUT2D eigenvalue weighted by atomic mass is 10.1. The Hall–Kier alpha value is -1.66. The van der Waals surface area contributed by atoms with E-state index in [2.05, 4.69) is 0 Å². The van der Waals surface area contributed by atoms with Gasteiger partial charge in [0.25, 0.3) is 0 Å². The average molecular weight is 388 g/mol. The summed E-state index contributed by atoms with van der Waals surface area (Å²) < 4.78 is 29.3. The molecule has 136 valence electrons. The van der Waals surface area contributed by atoms with Crippen LogP contribution in [0.4, 0.5) is 0 Å². The Balaban J connectivity index is 2.56. The van der Waals surface area contributed by atoms with Crippen molar-refractivity contribution in [2.45, 2.75) is 18.4 Å². The molecule has 0 atom stereocenters. The zero-order valence-electron chi connectivity index (χ0n) is 13.2. The maximum Gasteiger partial charge on any atom is 0.381 e. The zero-order chi connectivity index (χ0) is 18.9. The van der Waals surface area contributed by atoms with Crippen molar-refractivity contribution in [3.63, 3.8) is 0 Å². The number of aromatic hydroxyl groups is 1. The SMILES string of the molecule is Cc1ccc(CC(Oc2ccc(O)cc2)(P(=O)(O)O)P(=O)(O)O)cc1. The molecule has 0 unspecified atom stereocenters. The van der Waals surface area contributed by atoms with E-state index in [1.807, 2.05) is 0 Å². The molecule has 0 radical (unpaired) electrons. The molecular weight excluding hydrogens is 370 g/mol. The van der Waals surface area contributed by atoms with Gasteiger partial charge in [-0.25, -0.2) is 0 Å². The van der Waals surface area contributed by atoms with Gasteiger partial charge in [-0.05, 0) is 36.8 Å². The molecule has 10 heteroatoms. The Morgan fingerprint density at radius 3 is 1.80 bits per heavy atom. The Morgan fingerprint density at radius 1 is 0.880 bits per heavy atom. The highest BCUT2D eigenvalue weighted by Crippen LogP contribution is 2.70. The van der Waals surface area contributed by atoms with E-state index >= 15 is 0 Å². The highest BCUT2D eigenvalue weighted by Gasteiger charge is 2.63. The topological polar surface area (TPSA) is 145 Å². The fraction of sp³-hybridized carbons (Fsp3) is 0.200. The van der Waals surface area contributed by atoms with Crippen LogP contribution in [0.2, 0.25) is 0 Å². The number of ether oxygens (including phenoxy) is 1. The third kappa shape index (κ3) is 4.30. The molecule has 0 fully saturated rings. The quantitative estimate of drug-likeness (QED) is 0.474.